The van der Waals surface area contributed by atoms with Crippen molar-refractivity contribution in [2.24, 2.45) is 11.8 Å². The summed E-state index contributed by atoms with van der Waals surface area (Å²) in [6.07, 6.45) is 5.53. The number of ether oxygens (including phenoxy) is 2. The highest BCUT2D eigenvalue weighted by Gasteiger charge is 2.18. The second-order valence-corrected chi connectivity index (χ2v) is 5.88. The minimum absolute atomic E-state index is 0.600. The van der Waals surface area contributed by atoms with Crippen LogP contribution in [-0.4, -0.2) is 26.9 Å². The van der Waals surface area contributed by atoms with E-state index in [0.717, 1.165) is 24.1 Å². The zero-order valence-electron chi connectivity index (χ0n) is 12.7. The smallest absolute Gasteiger partial charge is 0.119 e. The molecule has 3 nitrogen and oxygen atoms in total. The molecule has 0 spiro atoms. The molecule has 112 valence electrons. The average Bonchev–Trinajstić information content (AvgIpc) is 2.47. The molecule has 1 aromatic carbocycles. The van der Waals surface area contributed by atoms with E-state index in [4.69, 9.17) is 9.47 Å². The number of methoxy groups -OCH3 is 1. The topological polar surface area (TPSA) is 30.5 Å². The Labute approximate surface area is 122 Å². The van der Waals surface area contributed by atoms with E-state index in [0.29, 0.717) is 13.2 Å². The van der Waals surface area contributed by atoms with Gasteiger partial charge in [0.25, 0.3) is 0 Å². The molecule has 0 aliphatic heterocycles. The van der Waals surface area contributed by atoms with Gasteiger partial charge in [0.2, 0.25) is 0 Å². The van der Waals surface area contributed by atoms with E-state index in [1.54, 1.807) is 7.11 Å². The van der Waals surface area contributed by atoms with Gasteiger partial charge in [-0.25, -0.2) is 0 Å². The van der Waals surface area contributed by atoms with Gasteiger partial charge >= 0.3 is 0 Å². The van der Waals surface area contributed by atoms with Crippen molar-refractivity contribution in [2.45, 2.75) is 32.6 Å². The largest absolute Gasteiger partial charge is 0.491 e. The van der Waals surface area contributed by atoms with Gasteiger partial charge in [0, 0.05) is 19.3 Å². The van der Waals surface area contributed by atoms with Crippen molar-refractivity contribution in [3.05, 3.63) is 24.3 Å². The van der Waals surface area contributed by atoms with Crippen molar-refractivity contribution < 1.29 is 9.47 Å². The van der Waals surface area contributed by atoms with Crippen LogP contribution in [0.2, 0.25) is 0 Å². The van der Waals surface area contributed by atoms with Crippen LogP contribution in [0.3, 0.4) is 0 Å². The molecule has 0 saturated heterocycles. The highest BCUT2D eigenvalue weighted by Crippen LogP contribution is 2.28. The van der Waals surface area contributed by atoms with E-state index in [-0.39, 0.29) is 0 Å². The molecule has 1 aliphatic carbocycles. The fourth-order valence-corrected chi connectivity index (χ4v) is 2.92. The Balaban J connectivity index is 1.73. The number of rotatable bonds is 7. The third-order valence-corrected chi connectivity index (χ3v) is 4.05. The average molecular weight is 277 g/mol. The molecule has 3 heteroatoms. The standard InChI is InChI=1S/C17H27NO2/c1-14-4-3-5-15(12-14)13-18-16-6-8-17(9-7-16)20-11-10-19-2/h6-9,14-15,18H,3-5,10-13H2,1-2H3. The second-order valence-electron chi connectivity index (χ2n) is 5.88. The summed E-state index contributed by atoms with van der Waals surface area (Å²) in [6.45, 7) is 4.69. The van der Waals surface area contributed by atoms with Crippen molar-refractivity contribution in [2.75, 3.05) is 32.2 Å². The summed E-state index contributed by atoms with van der Waals surface area (Å²) in [7, 11) is 1.68. The number of benzene rings is 1. The first-order valence-corrected chi connectivity index (χ1v) is 7.73. The third-order valence-electron chi connectivity index (χ3n) is 4.05. The molecule has 2 rings (SSSR count). The molecule has 0 heterocycles. The number of anilines is 1. The first-order chi connectivity index (χ1) is 9.78. The maximum atomic E-state index is 5.56. The lowest BCUT2D eigenvalue weighted by molar-refractivity contribution is 0.146. The second kappa shape index (κ2) is 8.15. The van der Waals surface area contributed by atoms with Crippen LogP contribution in [0, 0.1) is 11.8 Å². The summed E-state index contributed by atoms with van der Waals surface area (Å²) in [5.74, 6) is 2.63. The Hall–Kier alpha value is -1.22. The normalized spacial score (nSPS) is 22.5. The summed E-state index contributed by atoms with van der Waals surface area (Å²) in [6, 6.07) is 8.21. The predicted molar refractivity (Wildman–Crippen MR) is 83.4 cm³/mol. The third kappa shape index (κ3) is 5.04. The number of nitrogens with one attached hydrogen (secondary N) is 1. The van der Waals surface area contributed by atoms with Gasteiger partial charge in [-0.2, -0.15) is 0 Å². The van der Waals surface area contributed by atoms with Gasteiger partial charge in [0.05, 0.1) is 6.61 Å². The van der Waals surface area contributed by atoms with Crippen LogP contribution in [0.15, 0.2) is 24.3 Å². The summed E-state index contributed by atoms with van der Waals surface area (Å²) in [4.78, 5) is 0. The Bertz CT molecular complexity index is 377. The van der Waals surface area contributed by atoms with Gasteiger partial charge in [-0.3, -0.25) is 0 Å². The first-order valence-electron chi connectivity index (χ1n) is 7.73. The van der Waals surface area contributed by atoms with Crippen LogP contribution in [0.25, 0.3) is 0 Å². The molecule has 1 N–H and O–H groups in total. The molecule has 2 unspecified atom stereocenters. The SMILES string of the molecule is COCCOc1ccc(NCC2CCCC(C)C2)cc1. The molecule has 0 amide bonds. The minimum Gasteiger partial charge on any atom is -0.491 e. The summed E-state index contributed by atoms with van der Waals surface area (Å²) < 4.78 is 10.5. The van der Waals surface area contributed by atoms with Crippen LogP contribution in [0.4, 0.5) is 5.69 Å². The zero-order valence-corrected chi connectivity index (χ0v) is 12.7. The van der Waals surface area contributed by atoms with E-state index in [9.17, 15) is 0 Å². The highest BCUT2D eigenvalue weighted by atomic mass is 16.5. The molecule has 0 radical (unpaired) electrons. The van der Waals surface area contributed by atoms with Gasteiger partial charge in [-0.15, -0.1) is 0 Å². The molecular weight excluding hydrogens is 250 g/mol. The highest BCUT2D eigenvalue weighted by molar-refractivity contribution is 5.46. The van der Waals surface area contributed by atoms with Crippen molar-refractivity contribution in [1.82, 2.24) is 0 Å². The summed E-state index contributed by atoms with van der Waals surface area (Å²) >= 11 is 0. The van der Waals surface area contributed by atoms with Crippen molar-refractivity contribution >= 4 is 5.69 Å². The van der Waals surface area contributed by atoms with Crippen LogP contribution in [0.5, 0.6) is 5.75 Å². The molecule has 1 aromatic rings. The van der Waals surface area contributed by atoms with E-state index >= 15 is 0 Å². The summed E-state index contributed by atoms with van der Waals surface area (Å²) in [5, 5.41) is 3.55. The van der Waals surface area contributed by atoms with Crippen molar-refractivity contribution in [1.29, 1.82) is 0 Å². The Kier molecular flexibility index (Phi) is 6.19. The maximum absolute atomic E-state index is 5.56. The quantitative estimate of drug-likeness (QED) is 0.765. The lowest BCUT2D eigenvalue weighted by atomic mass is 9.82. The van der Waals surface area contributed by atoms with E-state index < -0.39 is 0 Å². The zero-order chi connectivity index (χ0) is 14.2. The van der Waals surface area contributed by atoms with Gasteiger partial charge in [0.15, 0.2) is 0 Å². The fourth-order valence-electron chi connectivity index (χ4n) is 2.92. The van der Waals surface area contributed by atoms with Crippen LogP contribution >= 0.6 is 0 Å². The van der Waals surface area contributed by atoms with Crippen molar-refractivity contribution in [3.8, 4) is 5.75 Å². The van der Waals surface area contributed by atoms with E-state index in [1.807, 2.05) is 12.1 Å². The molecule has 20 heavy (non-hydrogen) atoms. The van der Waals surface area contributed by atoms with Gasteiger partial charge in [0.1, 0.15) is 12.4 Å². The van der Waals surface area contributed by atoms with Crippen LogP contribution in [0.1, 0.15) is 32.6 Å². The lowest BCUT2D eigenvalue weighted by Crippen LogP contribution is -2.20. The van der Waals surface area contributed by atoms with Gasteiger partial charge < -0.3 is 14.8 Å². The molecule has 1 aliphatic rings. The van der Waals surface area contributed by atoms with Crippen LogP contribution in [-0.2, 0) is 4.74 Å². The maximum Gasteiger partial charge on any atom is 0.119 e. The van der Waals surface area contributed by atoms with Crippen molar-refractivity contribution in [3.63, 3.8) is 0 Å². The monoisotopic (exact) mass is 277 g/mol. The molecular formula is C17H27NO2. The Morgan fingerprint density at radius 2 is 1.95 bits per heavy atom. The number of hydrogen-bond acceptors (Lipinski definition) is 3. The summed E-state index contributed by atoms with van der Waals surface area (Å²) in [5.41, 5.74) is 1.18. The van der Waals surface area contributed by atoms with E-state index in [1.165, 1.54) is 31.4 Å². The molecule has 1 saturated carbocycles. The lowest BCUT2D eigenvalue weighted by Gasteiger charge is -2.27. The first kappa shape index (κ1) is 15.2. The van der Waals surface area contributed by atoms with E-state index in [2.05, 4.69) is 24.4 Å². The van der Waals surface area contributed by atoms with Gasteiger partial charge in [-0.05, 0) is 48.9 Å². The Morgan fingerprint density at radius 1 is 1.15 bits per heavy atom. The molecule has 2 atom stereocenters. The minimum atomic E-state index is 0.600. The fraction of sp³-hybridized carbons (Fsp3) is 0.647. The predicted octanol–water partition coefficient (Wildman–Crippen LogP) is 3.95. The molecule has 0 bridgehead atoms. The van der Waals surface area contributed by atoms with Gasteiger partial charge in [-0.1, -0.05) is 19.8 Å². The van der Waals surface area contributed by atoms with Crippen LogP contribution < -0.4 is 10.1 Å². The Morgan fingerprint density at radius 3 is 2.65 bits per heavy atom. The number of hydrogen-bond donors (Lipinski definition) is 1. The molecule has 1 fully saturated rings. The molecule has 0 aromatic heterocycles.